The number of carbonyl (C=O) groups is 2. The van der Waals surface area contributed by atoms with Crippen molar-refractivity contribution in [2.75, 3.05) is 32.7 Å². The van der Waals surface area contributed by atoms with Gasteiger partial charge in [-0.1, -0.05) is 36.4 Å². The minimum absolute atomic E-state index is 0.00727. The van der Waals surface area contributed by atoms with Crippen LogP contribution in [0.15, 0.2) is 48.5 Å². The molecule has 0 aromatic heterocycles. The predicted octanol–water partition coefficient (Wildman–Crippen LogP) is 1.52. The molecule has 0 unspecified atom stereocenters. The van der Waals surface area contributed by atoms with Gasteiger partial charge in [0.05, 0.1) is 32.2 Å². The first-order chi connectivity index (χ1) is 13.4. The number of nitrogens with one attached hydrogen (secondary N) is 2. The summed E-state index contributed by atoms with van der Waals surface area (Å²) in [6, 6.07) is 15.7. The van der Waals surface area contributed by atoms with E-state index in [2.05, 4.69) is 37.4 Å². The number of benzene rings is 2. The highest BCUT2D eigenvalue weighted by molar-refractivity contribution is 5.94. The van der Waals surface area contributed by atoms with Crippen molar-refractivity contribution in [3.63, 3.8) is 0 Å². The number of hydrogen-bond acceptors (Lipinski definition) is 2. The molecule has 2 aromatic carbocycles. The topological polar surface area (TPSA) is 53.9 Å². The van der Waals surface area contributed by atoms with Crippen molar-refractivity contribution < 1.29 is 14.5 Å². The van der Waals surface area contributed by atoms with Gasteiger partial charge in [0.1, 0.15) is 0 Å². The molecule has 0 radical (unpaired) electrons. The van der Waals surface area contributed by atoms with Gasteiger partial charge in [-0.3, -0.25) is 9.59 Å². The number of rotatable bonds is 5. The Morgan fingerprint density at radius 3 is 2.36 bits per heavy atom. The van der Waals surface area contributed by atoms with Crippen molar-refractivity contribution in [2.24, 2.45) is 0 Å². The van der Waals surface area contributed by atoms with Crippen LogP contribution in [0.25, 0.3) is 0 Å². The molecule has 0 saturated carbocycles. The molecule has 5 nitrogen and oxygen atoms in total. The molecular weight excluding hydrogens is 350 g/mol. The zero-order valence-corrected chi connectivity index (χ0v) is 17.0. The molecular formula is C23H30N3O2+. The average Bonchev–Trinajstić information content (AvgIpc) is 2.70. The Kier molecular flexibility index (Phi) is 6.47. The van der Waals surface area contributed by atoms with Gasteiger partial charge in [0.25, 0.3) is 11.8 Å². The maximum Gasteiger partial charge on any atom is 0.275 e. The molecule has 1 atom stereocenters. The summed E-state index contributed by atoms with van der Waals surface area (Å²) in [5, 5.41) is 3.11. The van der Waals surface area contributed by atoms with Gasteiger partial charge in [0.2, 0.25) is 0 Å². The maximum atomic E-state index is 12.5. The third-order valence-corrected chi connectivity index (χ3v) is 5.60. The predicted molar refractivity (Wildman–Crippen MR) is 110 cm³/mol. The second-order valence-electron chi connectivity index (χ2n) is 7.72. The van der Waals surface area contributed by atoms with Crippen LogP contribution in [0.4, 0.5) is 0 Å². The fourth-order valence-corrected chi connectivity index (χ4v) is 3.60. The number of nitrogens with zero attached hydrogens (tertiary/aromatic N) is 1. The minimum atomic E-state index is -0.00727. The summed E-state index contributed by atoms with van der Waals surface area (Å²) in [5.41, 5.74) is 4.36. The SMILES string of the molecule is Cc1ccc([C@@H](C)NC(=O)C[NH+]2CCN(C(=O)c3ccccc3)CC2)cc1C. The molecule has 148 valence electrons. The van der Waals surface area contributed by atoms with E-state index in [1.807, 2.05) is 42.2 Å². The van der Waals surface area contributed by atoms with Gasteiger partial charge in [-0.25, -0.2) is 0 Å². The fourth-order valence-electron chi connectivity index (χ4n) is 3.60. The summed E-state index contributed by atoms with van der Waals surface area (Å²) >= 11 is 0. The van der Waals surface area contributed by atoms with Gasteiger partial charge in [-0.05, 0) is 49.6 Å². The number of carbonyl (C=O) groups excluding carboxylic acids is 2. The second kappa shape index (κ2) is 9.02. The lowest BCUT2D eigenvalue weighted by atomic mass is 10.0. The fraction of sp³-hybridized carbons (Fsp3) is 0.391. The third-order valence-electron chi connectivity index (χ3n) is 5.60. The van der Waals surface area contributed by atoms with Crippen LogP contribution >= 0.6 is 0 Å². The monoisotopic (exact) mass is 380 g/mol. The smallest absolute Gasteiger partial charge is 0.275 e. The molecule has 28 heavy (non-hydrogen) atoms. The lowest BCUT2D eigenvalue weighted by molar-refractivity contribution is -0.896. The van der Waals surface area contributed by atoms with Gasteiger partial charge in [0, 0.05) is 5.56 Å². The summed E-state index contributed by atoms with van der Waals surface area (Å²) < 4.78 is 0. The standard InChI is InChI=1S/C23H29N3O2/c1-17-9-10-21(15-18(17)2)19(3)24-22(27)16-25-11-13-26(14-12-25)23(28)20-7-5-4-6-8-20/h4-10,15,19H,11-14,16H2,1-3H3,(H,24,27)/p+1/t19-/m1/s1. The van der Waals surface area contributed by atoms with Crippen molar-refractivity contribution >= 4 is 11.8 Å². The molecule has 1 saturated heterocycles. The van der Waals surface area contributed by atoms with E-state index in [1.165, 1.54) is 16.0 Å². The normalized spacial score (nSPS) is 15.9. The number of aryl methyl sites for hydroxylation is 2. The minimum Gasteiger partial charge on any atom is -0.345 e. The quantitative estimate of drug-likeness (QED) is 0.826. The van der Waals surface area contributed by atoms with E-state index in [1.54, 1.807) is 0 Å². The Balaban J connectivity index is 1.47. The molecule has 2 amide bonds. The van der Waals surface area contributed by atoms with Gasteiger partial charge in [-0.2, -0.15) is 0 Å². The molecule has 2 N–H and O–H groups in total. The van der Waals surface area contributed by atoms with Gasteiger partial charge in [-0.15, -0.1) is 0 Å². The molecule has 5 heteroatoms. The van der Waals surface area contributed by atoms with Crippen LogP contribution in [-0.4, -0.2) is 49.4 Å². The Hall–Kier alpha value is -2.66. The molecule has 2 aromatic rings. The first kappa shape index (κ1) is 20.1. The molecule has 0 spiro atoms. The lowest BCUT2D eigenvalue weighted by Gasteiger charge is -2.32. The van der Waals surface area contributed by atoms with Crippen LogP contribution < -0.4 is 10.2 Å². The van der Waals surface area contributed by atoms with Crippen molar-refractivity contribution in [2.45, 2.75) is 26.8 Å². The van der Waals surface area contributed by atoms with Crippen LogP contribution in [0, 0.1) is 13.8 Å². The van der Waals surface area contributed by atoms with Crippen molar-refractivity contribution in [1.82, 2.24) is 10.2 Å². The molecule has 1 aliphatic rings. The van der Waals surface area contributed by atoms with Crippen LogP contribution in [0.1, 0.15) is 40.0 Å². The van der Waals surface area contributed by atoms with Gasteiger partial charge < -0.3 is 15.1 Å². The average molecular weight is 381 g/mol. The Morgan fingerprint density at radius 2 is 1.71 bits per heavy atom. The van der Waals surface area contributed by atoms with E-state index in [-0.39, 0.29) is 17.9 Å². The molecule has 3 rings (SSSR count). The summed E-state index contributed by atoms with van der Waals surface area (Å²) in [5.74, 6) is 0.135. The lowest BCUT2D eigenvalue weighted by Crippen LogP contribution is -3.15. The molecule has 1 aliphatic heterocycles. The van der Waals surface area contributed by atoms with E-state index in [9.17, 15) is 9.59 Å². The zero-order chi connectivity index (χ0) is 20.1. The van der Waals surface area contributed by atoms with E-state index >= 15 is 0 Å². The first-order valence-corrected chi connectivity index (χ1v) is 9.98. The number of piperazine rings is 1. The molecule has 1 fully saturated rings. The van der Waals surface area contributed by atoms with E-state index < -0.39 is 0 Å². The number of quaternary nitrogens is 1. The largest absolute Gasteiger partial charge is 0.345 e. The Labute approximate surface area is 167 Å². The van der Waals surface area contributed by atoms with Crippen molar-refractivity contribution in [1.29, 1.82) is 0 Å². The van der Waals surface area contributed by atoms with E-state index in [0.717, 1.165) is 24.2 Å². The highest BCUT2D eigenvalue weighted by Crippen LogP contribution is 2.16. The summed E-state index contributed by atoms with van der Waals surface area (Å²) in [4.78, 5) is 28.1. The summed E-state index contributed by atoms with van der Waals surface area (Å²) in [6.45, 7) is 9.61. The second-order valence-corrected chi connectivity index (χ2v) is 7.72. The number of hydrogen-bond donors (Lipinski definition) is 2. The third kappa shape index (κ3) is 4.98. The van der Waals surface area contributed by atoms with Crippen molar-refractivity contribution in [3.05, 3.63) is 70.8 Å². The molecule has 1 heterocycles. The highest BCUT2D eigenvalue weighted by Gasteiger charge is 2.26. The van der Waals surface area contributed by atoms with Crippen LogP contribution in [0.2, 0.25) is 0 Å². The molecule has 0 bridgehead atoms. The van der Waals surface area contributed by atoms with Crippen LogP contribution in [-0.2, 0) is 4.79 Å². The van der Waals surface area contributed by atoms with E-state index in [4.69, 9.17) is 0 Å². The van der Waals surface area contributed by atoms with Crippen LogP contribution in [0.5, 0.6) is 0 Å². The summed E-state index contributed by atoms with van der Waals surface area (Å²) in [6.07, 6.45) is 0. The van der Waals surface area contributed by atoms with Gasteiger partial charge >= 0.3 is 0 Å². The van der Waals surface area contributed by atoms with Crippen molar-refractivity contribution in [3.8, 4) is 0 Å². The first-order valence-electron chi connectivity index (χ1n) is 9.98. The maximum absolute atomic E-state index is 12.5. The van der Waals surface area contributed by atoms with Gasteiger partial charge in [0.15, 0.2) is 6.54 Å². The highest BCUT2D eigenvalue weighted by atomic mass is 16.2. The summed E-state index contributed by atoms with van der Waals surface area (Å²) in [7, 11) is 0. The number of amides is 2. The Morgan fingerprint density at radius 1 is 1.04 bits per heavy atom. The molecule has 0 aliphatic carbocycles. The van der Waals surface area contributed by atoms with E-state index in [0.29, 0.717) is 19.6 Å². The Bertz CT molecular complexity index is 827. The zero-order valence-electron chi connectivity index (χ0n) is 17.0. The van der Waals surface area contributed by atoms with Crippen LogP contribution in [0.3, 0.4) is 0 Å².